The van der Waals surface area contributed by atoms with Crippen LogP contribution in [0.2, 0.25) is 0 Å². The molecule has 1 heterocycles. The summed E-state index contributed by atoms with van der Waals surface area (Å²) >= 11 is 0. The third kappa shape index (κ3) is 2.66. The molecule has 0 aromatic heterocycles. The summed E-state index contributed by atoms with van der Waals surface area (Å²) in [4.78, 5) is 10.4. The van der Waals surface area contributed by atoms with Crippen molar-refractivity contribution >= 4 is 5.97 Å². The molecule has 0 saturated heterocycles. The van der Waals surface area contributed by atoms with E-state index in [1.807, 2.05) is 0 Å². The zero-order valence-electron chi connectivity index (χ0n) is 7.24. The number of hydrogen-bond donors (Lipinski definition) is 1. The lowest BCUT2D eigenvalue weighted by atomic mass is 10.2. The molecule has 4 nitrogen and oxygen atoms in total. The lowest BCUT2D eigenvalue weighted by Crippen LogP contribution is -2.07. The number of ether oxygens (including phenoxy) is 2. The molecular formula is C9H10O4. The van der Waals surface area contributed by atoms with Gasteiger partial charge >= 0.3 is 5.97 Å². The Morgan fingerprint density at radius 2 is 2.46 bits per heavy atom. The van der Waals surface area contributed by atoms with Crippen molar-refractivity contribution in [2.45, 2.75) is 6.92 Å². The predicted molar refractivity (Wildman–Crippen MR) is 45.7 cm³/mol. The van der Waals surface area contributed by atoms with E-state index in [0.717, 1.165) is 6.26 Å². The second kappa shape index (κ2) is 3.80. The number of esters is 1. The predicted octanol–water partition coefficient (Wildman–Crippen LogP) is 1.42. The molecule has 0 aromatic carbocycles. The van der Waals surface area contributed by atoms with E-state index in [1.54, 1.807) is 0 Å². The van der Waals surface area contributed by atoms with Gasteiger partial charge in [-0.15, -0.1) is 0 Å². The Labute approximate surface area is 75.8 Å². The van der Waals surface area contributed by atoms with E-state index >= 15 is 0 Å². The van der Waals surface area contributed by atoms with E-state index in [9.17, 15) is 4.79 Å². The number of aliphatic hydroxyl groups excluding tert-OH is 1. The molecule has 0 aromatic rings. The highest BCUT2D eigenvalue weighted by atomic mass is 16.6. The standard InChI is InChI=1S/C9H10O4/c1-6-3-8(4-12-7(2)10)13-5-9(6)11/h3,5,11H,1,4H2,2H3. The van der Waals surface area contributed by atoms with Crippen molar-refractivity contribution in [2.75, 3.05) is 6.61 Å². The second-order valence-electron chi connectivity index (χ2n) is 2.54. The highest BCUT2D eigenvalue weighted by Gasteiger charge is 2.09. The Morgan fingerprint density at radius 3 is 3.00 bits per heavy atom. The molecule has 0 saturated carbocycles. The lowest BCUT2D eigenvalue weighted by molar-refractivity contribution is -0.140. The Morgan fingerprint density at radius 1 is 1.77 bits per heavy atom. The zero-order valence-corrected chi connectivity index (χ0v) is 7.24. The molecule has 0 unspecified atom stereocenters. The molecule has 13 heavy (non-hydrogen) atoms. The average molecular weight is 182 g/mol. The highest BCUT2D eigenvalue weighted by Crippen LogP contribution is 2.16. The fraction of sp³-hybridized carbons (Fsp3) is 0.222. The lowest BCUT2D eigenvalue weighted by Gasteiger charge is -2.12. The van der Waals surface area contributed by atoms with Gasteiger partial charge in [-0.1, -0.05) is 6.58 Å². The molecule has 0 fully saturated rings. The van der Waals surface area contributed by atoms with Gasteiger partial charge in [-0.3, -0.25) is 4.79 Å². The first-order valence-electron chi connectivity index (χ1n) is 3.68. The molecule has 70 valence electrons. The second-order valence-corrected chi connectivity index (χ2v) is 2.54. The Bertz CT molecular complexity index is 299. The largest absolute Gasteiger partial charge is 0.504 e. The molecule has 0 aliphatic carbocycles. The van der Waals surface area contributed by atoms with Gasteiger partial charge in [0.15, 0.2) is 5.76 Å². The molecule has 0 bridgehead atoms. The van der Waals surface area contributed by atoms with Crippen molar-refractivity contribution in [3.05, 3.63) is 36.0 Å². The van der Waals surface area contributed by atoms with Crippen LogP contribution in [0.1, 0.15) is 6.92 Å². The van der Waals surface area contributed by atoms with E-state index in [-0.39, 0.29) is 18.3 Å². The van der Waals surface area contributed by atoms with Crippen LogP contribution >= 0.6 is 0 Å². The number of aliphatic hydroxyl groups is 1. The normalized spacial score (nSPS) is 15.6. The van der Waals surface area contributed by atoms with Crippen LogP contribution in [-0.4, -0.2) is 17.7 Å². The number of carbonyl (C=O) groups is 1. The van der Waals surface area contributed by atoms with Crippen molar-refractivity contribution < 1.29 is 19.4 Å². The van der Waals surface area contributed by atoms with Crippen LogP contribution in [0.3, 0.4) is 0 Å². The average Bonchev–Trinajstić information content (AvgIpc) is 2.07. The van der Waals surface area contributed by atoms with Crippen LogP contribution in [0.5, 0.6) is 0 Å². The van der Waals surface area contributed by atoms with Crippen LogP contribution in [-0.2, 0) is 14.3 Å². The van der Waals surface area contributed by atoms with Crippen molar-refractivity contribution in [2.24, 2.45) is 0 Å². The molecular weight excluding hydrogens is 172 g/mol. The first-order valence-corrected chi connectivity index (χ1v) is 3.68. The number of carbonyl (C=O) groups excluding carboxylic acids is 1. The van der Waals surface area contributed by atoms with E-state index in [1.165, 1.54) is 13.0 Å². The summed E-state index contributed by atoms with van der Waals surface area (Å²) in [5.41, 5.74) is 0.438. The van der Waals surface area contributed by atoms with E-state index in [4.69, 9.17) is 9.84 Å². The Balaban J connectivity index is 2.51. The van der Waals surface area contributed by atoms with Crippen LogP contribution in [0.4, 0.5) is 0 Å². The van der Waals surface area contributed by atoms with Gasteiger partial charge in [0.05, 0.1) is 0 Å². The molecule has 0 atom stereocenters. The Kier molecular flexibility index (Phi) is 2.74. The summed E-state index contributed by atoms with van der Waals surface area (Å²) in [6, 6.07) is 0. The SMILES string of the molecule is C=C1C=C(COC(C)=O)OC=C1O. The minimum absolute atomic E-state index is 0.0217. The van der Waals surface area contributed by atoms with Crippen molar-refractivity contribution in [3.63, 3.8) is 0 Å². The zero-order chi connectivity index (χ0) is 9.84. The minimum atomic E-state index is -0.381. The molecule has 0 radical (unpaired) electrons. The molecule has 1 aliphatic rings. The third-order valence-corrected chi connectivity index (χ3v) is 1.40. The minimum Gasteiger partial charge on any atom is -0.504 e. The third-order valence-electron chi connectivity index (χ3n) is 1.40. The van der Waals surface area contributed by atoms with Gasteiger partial charge in [0.1, 0.15) is 18.6 Å². The first-order chi connectivity index (χ1) is 6.09. The molecule has 1 rings (SSSR count). The maximum atomic E-state index is 10.4. The van der Waals surface area contributed by atoms with Gasteiger partial charge in [-0.05, 0) is 6.08 Å². The highest BCUT2D eigenvalue weighted by molar-refractivity contribution is 5.66. The van der Waals surface area contributed by atoms with E-state index in [0.29, 0.717) is 11.3 Å². The quantitative estimate of drug-likeness (QED) is 0.656. The van der Waals surface area contributed by atoms with Crippen LogP contribution in [0, 0.1) is 0 Å². The topological polar surface area (TPSA) is 55.8 Å². The van der Waals surface area contributed by atoms with Crippen LogP contribution in [0.15, 0.2) is 36.0 Å². The van der Waals surface area contributed by atoms with Gasteiger partial charge in [0, 0.05) is 12.5 Å². The summed E-state index contributed by atoms with van der Waals surface area (Å²) in [6.45, 7) is 4.92. The van der Waals surface area contributed by atoms with E-state index < -0.39 is 0 Å². The molecule has 1 aliphatic heterocycles. The van der Waals surface area contributed by atoms with Gasteiger partial charge < -0.3 is 14.6 Å². The summed E-state index contributed by atoms with van der Waals surface area (Å²) < 4.78 is 9.60. The monoisotopic (exact) mass is 182 g/mol. The first kappa shape index (κ1) is 9.38. The summed E-state index contributed by atoms with van der Waals surface area (Å²) in [7, 11) is 0. The molecule has 4 heteroatoms. The molecule has 0 amide bonds. The van der Waals surface area contributed by atoms with Gasteiger partial charge in [-0.25, -0.2) is 0 Å². The van der Waals surface area contributed by atoms with Gasteiger partial charge in [0.2, 0.25) is 0 Å². The smallest absolute Gasteiger partial charge is 0.303 e. The fourth-order valence-corrected chi connectivity index (χ4v) is 0.758. The fourth-order valence-electron chi connectivity index (χ4n) is 0.758. The number of allylic oxidation sites excluding steroid dienone is 1. The Hall–Kier alpha value is -1.71. The summed E-state index contributed by atoms with van der Waals surface area (Å²) in [5, 5.41) is 9.06. The molecule has 1 N–H and O–H groups in total. The van der Waals surface area contributed by atoms with Crippen LogP contribution < -0.4 is 0 Å². The van der Waals surface area contributed by atoms with Crippen LogP contribution in [0.25, 0.3) is 0 Å². The maximum Gasteiger partial charge on any atom is 0.303 e. The number of hydrogen-bond acceptors (Lipinski definition) is 4. The molecule has 0 spiro atoms. The van der Waals surface area contributed by atoms with Crippen molar-refractivity contribution in [3.8, 4) is 0 Å². The summed E-state index contributed by atoms with van der Waals surface area (Å²) in [6.07, 6.45) is 2.67. The maximum absolute atomic E-state index is 10.4. The van der Waals surface area contributed by atoms with Crippen molar-refractivity contribution in [1.82, 2.24) is 0 Å². The van der Waals surface area contributed by atoms with Gasteiger partial charge in [0.25, 0.3) is 0 Å². The summed E-state index contributed by atoms with van der Waals surface area (Å²) in [5.74, 6) is 0.0402. The van der Waals surface area contributed by atoms with Gasteiger partial charge in [-0.2, -0.15) is 0 Å². The van der Waals surface area contributed by atoms with Crippen molar-refractivity contribution in [1.29, 1.82) is 0 Å². The van der Waals surface area contributed by atoms with E-state index in [2.05, 4.69) is 11.3 Å². The number of rotatable bonds is 2.